The van der Waals surface area contributed by atoms with Crippen LogP contribution in [0.3, 0.4) is 0 Å². The lowest BCUT2D eigenvalue weighted by molar-refractivity contribution is 0.479. The second-order valence-electron chi connectivity index (χ2n) is 2.98. The van der Waals surface area contributed by atoms with E-state index in [9.17, 15) is 16.8 Å². The van der Waals surface area contributed by atoms with Gasteiger partial charge in [0.05, 0.1) is 0 Å². The number of hydrogen-bond acceptors (Lipinski definition) is 9. The number of rotatable bonds is 6. The zero-order chi connectivity index (χ0) is 13.9. The molecule has 0 aromatic carbocycles. The van der Waals surface area contributed by atoms with Gasteiger partial charge in [-0.05, 0) is 22.9 Å². The molecule has 2 rings (SSSR count). The normalized spacial score (nSPS) is 12.6. The maximum absolute atomic E-state index is 11.6. The van der Waals surface area contributed by atoms with E-state index in [1.165, 1.54) is 24.3 Å². The topological polar surface area (TPSA) is 86.7 Å². The first-order chi connectivity index (χ1) is 8.92. The Kier molecular flexibility index (Phi) is 4.66. The Morgan fingerprint density at radius 2 is 1.26 bits per heavy atom. The van der Waals surface area contributed by atoms with Gasteiger partial charge in [-0.3, -0.25) is 0 Å². The lowest BCUT2D eigenvalue weighted by Gasteiger charge is -2.01. The van der Waals surface area contributed by atoms with Crippen molar-refractivity contribution in [2.24, 2.45) is 0 Å². The van der Waals surface area contributed by atoms with E-state index in [0.29, 0.717) is 0 Å². The molecule has 0 aliphatic rings. The van der Waals surface area contributed by atoms with Gasteiger partial charge in [0.25, 0.3) is 0 Å². The van der Waals surface area contributed by atoms with Crippen molar-refractivity contribution in [2.75, 3.05) is 0 Å². The molecule has 0 aliphatic heterocycles. The molecule has 11 heteroatoms. The Balaban J connectivity index is 1.98. The zero-order valence-corrected chi connectivity index (χ0v) is 13.0. The molecule has 2 aromatic heterocycles. The molecule has 0 bridgehead atoms. The van der Waals surface area contributed by atoms with E-state index in [2.05, 4.69) is 7.26 Å². The lowest BCUT2D eigenvalue weighted by atomic mass is 10.7. The van der Waals surface area contributed by atoms with Gasteiger partial charge in [0.15, 0.2) is 12.3 Å². The second kappa shape index (κ2) is 5.91. The summed E-state index contributed by atoms with van der Waals surface area (Å²) in [4.78, 5) is 0. The highest BCUT2D eigenvalue weighted by Gasteiger charge is 2.22. The Hall–Kier alpha value is -0.430. The molecule has 6 nitrogen and oxygen atoms in total. The summed E-state index contributed by atoms with van der Waals surface area (Å²) >= 11 is 1.81. The van der Waals surface area contributed by atoms with E-state index in [-0.39, 0.29) is 20.7 Å². The molecule has 0 spiro atoms. The van der Waals surface area contributed by atoms with E-state index in [0.717, 1.165) is 22.7 Å². The molecule has 0 amide bonds. The van der Waals surface area contributed by atoms with Gasteiger partial charge in [0.1, 0.15) is 8.42 Å². The first-order valence-corrected chi connectivity index (χ1v) is 9.77. The van der Waals surface area contributed by atoms with Crippen LogP contribution in [0.15, 0.2) is 43.4 Å². The summed E-state index contributed by atoms with van der Waals surface area (Å²) in [5, 5.41) is 3.12. The monoisotopic (exact) mass is 358 g/mol. The lowest BCUT2D eigenvalue weighted by Crippen LogP contribution is -2.03. The molecular formula is C8H6O6S5. The van der Waals surface area contributed by atoms with Gasteiger partial charge in [0.2, 0.25) is 0 Å². The fraction of sp³-hybridized carbons (Fsp3) is 0. The smallest absolute Gasteiger partial charge is 0.192 e. The zero-order valence-electron chi connectivity index (χ0n) is 8.95. The molecule has 0 saturated heterocycles. The molecular weight excluding hydrogens is 352 g/mol. The highest BCUT2D eigenvalue weighted by atomic mass is 32.3. The molecule has 0 unspecified atom stereocenters. The minimum atomic E-state index is -4.01. The molecule has 2 aromatic rings. The largest absolute Gasteiger partial charge is 0.319 e. The predicted molar refractivity (Wildman–Crippen MR) is 72.8 cm³/mol. The van der Waals surface area contributed by atoms with Crippen molar-refractivity contribution < 1.29 is 24.1 Å². The Labute approximate surface area is 122 Å². The molecule has 0 atom stereocenters. The van der Waals surface area contributed by atoms with Crippen LogP contribution in [-0.4, -0.2) is 16.8 Å². The van der Waals surface area contributed by atoms with Crippen molar-refractivity contribution in [3.8, 4) is 0 Å². The fourth-order valence-electron chi connectivity index (χ4n) is 0.963. The van der Waals surface area contributed by atoms with Crippen LogP contribution in [0.25, 0.3) is 0 Å². The summed E-state index contributed by atoms with van der Waals surface area (Å²) < 4.78 is 55.0. The third-order valence-corrected chi connectivity index (χ3v) is 7.98. The van der Waals surface area contributed by atoms with Crippen LogP contribution < -0.4 is 0 Å². The maximum Gasteiger partial charge on any atom is 0.319 e. The summed E-state index contributed by atoms with van der Waals surface area (Å²) in [6, 6.07) is 5.76. The first-order valence-electron chi connectivity index (χ1n) is 4.53. The minimum Gasteiger partial charge on any atom is -0.192 e. The molecule has 0 fully saturated rings. The predicted octanol–water partition coefficient (Wildman–Crippen LogP) is 2.48. The van der Waals surface area contributed by atoms with Crippen LogP contribution in [0.1, 0.15) is 0 Å². The van der Waals surface area contributed by atoms with E-state index >= 15 is 0 Å². The fourth-order valence-corrected chi connectivity index (χ4v) is 5.54. The molecule has 104 valence electrons. The molecule has 0 N–H and O–H groups in total. The van der Waals surface area contributed by atoms with Crippen molar-refractivity contribution in [3.63, 3.8) is 0 Å². The van der Waals surface area contributed by atoms with Crippen molar-refractivity contribution in [1.82, 2.24) is 0 Å². The van der Waals surface area contributed by atoms with Crippen LogP contribution in [0.5, 0.6) is 0 Å². The van der Waals surface area contributed by atoms with Crippen molar-refractivity contribution >= 4 is 55.2 Å². The summed E-state index contributed by atoms with van der Waals surface area (Å²) in [6.45, 7) is 0. The van der Waals surface area contributed by atoms with Crippen molar-refractivity contribution in [1.29, 1.82) is 0 Å². The summed E-state index contributed by atoms with van der Waals surface area (Å²) in [5.41, 5.74) is 0. The van der Waals surface area contributed by atoms with E-state index in [4.69, 9.17) is 0 Å². The SMILES string of the molecule is O=S(=O)(OSOS(=O)(=O)c1cccs1)c1cccs1. The third kappa shape index (κ3) is 3.78. The maximum atomic E-state index is 11.6. The molecule has 19 heavy (non-hydrogen) atoms. The van der Waals surface area contributed by atoms with Crippen LogP contribution in [0.2, 0.25) is 0 Å². The molecule has 0 saturated carbocycles. The Morgan fingerprint density at radius 1 is 0.842 bits per heavy atom. The van der Waals surface area contributed by atoms with Crippen LogP contribution >= 0.6 is 35.0 Å². The van der Waals surface area contributed by atoms with Crippen LogP contribution in [0, 0.1) is 0 Å². The number of thiophene rings is 2. The Morgan fingerprint density at radius 3 is 1.58 bits per heavy atom. The highest BCUT2D eigenvalue weighted by Crippen LogP contribution is 2.27. The third-order valence-electron chi connectivity index (χ3n) is 1.72. The van der Waals surface area contributed by atoms with Gasteiger partial charge < -0.3 is 0 Å². The van der Waals surface area contributed by atoms with Gasteiger partial charge in [-0.15, -0.1) is 22.7 Å². The average Bonchev–Trinajstić information content (AvgIpc) is 3.03. The summed E-state index contributed by atoms with van der Waals surface area (Å²) in [5.74, 6) is 0. The Bertz CT molecular complexity index is 648. The van der Waals surface area contributed by atoms with Gasteiger partial charge in [-0.2, -0.15) is 24.1 Å². The summed E-state index contributed by atoms with van der Waals surface area (Å²) in [6.07, 6.45) is 0. The molecule has 0 aliphatic carbocycles. The van der Waals surface area contributed by atoms with Gasteiger partial charge in [-0.25, -0.2) is 0 Å². The standard InChI is InChI=1S/C8H6O6S5/c9-18(10,7-3-1-5-15-7)13-17-14-19(11,12)8-4-2-6-16-8/h1-6H. The van der Waals surface area contributed by atoms with Crippen LogP contribution in [-0.2, 0) is 27.5 Å². The van der Waals surface area contributed by atoms with Gasteiger partial charge >= 0.3 is 20.2 Å². The van der Waals surface area contributed by atoms with E-state index < -0.39 is 20.2 Å². The first kappa shape index (κ1) is 15.0. The summed E-state index contributed by atoms with van der Waals surface area (Å²) in [7, 11) is -8.03. The second-order valence-corrected chi connectivity index (χ2v) is 9.31. The molecule has 0 radical (unpaired) electrons. The van der Waals surface area contributed by atoms with Gasteiger partial charge in [0, 0.05) is 0 Å². The minimum absolute atomic E-state index is 0.0304. The van der Waals surface area contributed by atoms with Crippen molar-refractivity contribution in [3.05, 3.63) is 35.0 Å². The van der Waals surface area contributed by atoms with Gasteiger partial charge in [-0.1, -0.05) is 12.1 Å². The highest BCUT2D eigenvalue weighted by molar-refractivity contribution is 8.07. The van der Waals surface area contributed by atoms with Crippen LogP contribution in [0.4, 0.5) is 0 Å². The van der Waals surface area contributed by atoms with E-state index in [1.807, 2.05) is 0 Å². The average molecular weight is 358 g/mol. The van der Waals surface area contributed by atoms with Crippen molar-refractivity contribution in [2.45, 2.75) is 8.42 Å². The molecule has 2 heterocycles. The van der Waals surface area contributed by atoms with E-state index in [1.54, 1.807) is 10.8 Å². The quantitative estimate of drug-likeness (QED) is 0.733. The number of hydrogen-bond donors (Lipinski definition) is 0.